The summed E-state index contributed by atoms with van der Waals surface area (Å²) in [6.45, 7) is 3.80. The van der Waals surface area contributed by atoms with Gasteiger partial charge in [-0.1, -0.05) is 0 Å². The zero-order valence-corrected chi connectivity index (χ0v) is 17.0. The van der Waals surface area contributed by atoms with E-state index in [0.29, 0.717) is 17.9 Å². The van der Waals surface area contributed by atoms with Crippen LogP contribution in [0, 0.1) is 13.7 Å². The molecule has 9 heteroatoms. The highest BCUT2D eigenvalue weighted by atomic mass is 127. The van der Waals surface area contributed by atoms with E-state index in [9.17, 15) is 14.9 Å². The lowest BCUT2D eigenvalue weighted by molar-refractivity contribution is -0.385. The fourth-order valence-electron chi connectivity index (χ4n) is 2.16. The monoisotopic (exact) mass is 482 g/mol. The fourth-order valence-corrected chi connectivity index (χ4v) is 2.52. The zero-order valence-electron chi connectivity index (χ0n) is 14.9. The quantitative estimate of drug-likeness (QED) is 0.259. The second-order valence-electron chi connectivity index (χ2n) is 5.47. The van der Waals surface area contributed by atoms with Crippen LogP contribution < -0.4 is 15.5 Å². The highest BCUT2D eigenvalue weighted by Gasteiger charge is 2.16. The van der Waals surface area contributed by atoms with Crippen LogP contribution in [0.4, 0.5) is 11.4 Å². The summed E-state index contributed by atoms with van der Waals surface area (Å²) in [7, 11) is 0. The molecule has 0 atom stereocenters. The number of carbonyl (C=O) groups is 1. The Morgan fingerprint density at radius 1 is 1.26 bits per heavy atom. The van der Waals surface area contributed by atoms with Crippen LogP contribution in [-0.4, -0.2) is 29.7 Å². The normalized spacial score (nSPS) is 11.0. The molecule has 0 radical (unpaired) electrons. The highest BCUT2D eigenvalue weighted by Crippen LogP contribution is 2.28. The van der Waals surface area contributed by atoms with Gasteiger partial charge in [0.15, 0.2) is 5.75 Å². The van der Waals surface area contributed by atoms with Gasteiger partial charge in [-0.3, -0.25) is 14.9 Å². The molecule has 0 saturated carbocycles. The van der Waals surface area contributed by atoms with Gasteiger partial charge in [0.2, 0.25) is 0 Å². The summed E-state index contributed by atoms with van der Waals surface area (Å²) in [5.74, 6) is -0.127. The molecule has 0 aromatic heterocycles. The molecule has 0 saturated heterocycles. The predicted octanol–water partition coefficient (Wildman–Crippen LogP) is 3.55. The van der Waals surface area contributed by atoms with Gasteiger partial charge >= 0.3 is 5.69 Å². The van der Waals surface area contributed by atoms with E-state index in [4.69, 9.17) is 4.74 Å². The zero-order chi connectivity index (χ0) is 19.8. The van der Waals surface area contributed by atoms with E-state index in [1.807, 2.05) is 24.3 Å². The van der Waals surface area contributed by atoms with E-state index in [-0.39, 0.29) is 23.9 Å². The first kappa shape index (κ1) is 20.6. The van der Waals surface area contributed by atoms with Gasteiger partial charge in [-0.2, -0.15) is 5.10 Å². The van der Waals surface area contributed by atoms with Crippen LogP contribution in [0.15, 0.2) is 47.6 Å². The van der Waals surface area contributed by atoms with Crippen molar-refractivity contribution in [1.82, 2.24) is 5.43 Å². The van der Waals surface area contributed by atoms with E-state index in [2.05, 4.69) is 38.4 Å². The number of hydrazone groups is 1. The number of benzene rings is 2. The van der Waals surface area contributed by atoms with Gasteiger partial charge in [-0.25, -0.2) is 5.43 Å². The number of hydrogen-bond acceptors (Lipinski definition) is 6. The maximum Gasteiger partial charge on any atom is 0.311 e. The number of nitro benzene ring substituents is 1. The molecule has 0 unspecified atom stereocenters. The topological polar surface area (TPSA) is 106 Å². The standard InChI is InChI=1S/C18H19IN4O4/c1-3-27-17-9-4-13(10-16(17)23(25)26)12(2)21-22-18(24)11-20-15-7-5-14(19)6-8-15/h4-10,20H,3,11H2,1-2H3,(H,22,24)/b21-12-. The van der Waals surface area contributed by atoms with Gasteiger partial charge in [0.25, 0.3) is 5.91 Å². The SMILES string of the molecule is CCOc1ccc(/C(C)=N\NC(=O)CNc2ccc(I)cc2)cc1[N+](=O)[O-]. The Balaban J connectivity index is 1.99. The van der Waals surface area contributed by atoms with Crippen molar-refractivity contribution in [2.45, 2.75) is 13.8 Å². The first-order valence-corrected chi connectivity index (χ1v) is 9.22. The van der Waals surface area contributed by atoms with Crippen LogP contribution in [0.1, 0.15) is 19.4 Å². The lowest BCUT2D eigenvalue weighted by Gasteiger charge is -2.08. The van der Waals surface area contributed by atoms with Crippen molar-refractivity contribution in [2.24, 2.45) is 5.10 Å². The van der Waals surface area contributed by atoms with Crippen molar-refractivity contribution in [3.8, 4) is 5.75 Å². The van der Waals surface area contributed by atoms with Crippen molar-refractivity contribution in [2.75, 3.05) is 18.5 Å². The number of anilines is 1. The van der Waals surface area contributed by atoms with E-state index >= 15 is 0 Å². The Bertz CT molecular complexity index is 853. The van der Waals surface area contributed by atoms with Crippen molar-refractivity contribution in [3.63, 3.8) is 0 Å². The van der Waals surface area contributed by atoms with Gasteiger partial charge in [0.05, 0.1) is 23.8 Å². The molecule has 2 aromatic rings. The first-order chi connectivity index (χ1) is 12.9. The molecule has 2 aromatic carbocycles. The second kappa shape index (κ2) is 9.86. The van der Waals surface area contributed by atoms with Gasteiger partial charge in [0.1, 0.15) is 0 Å². The van der Waals surface area contributed by atoms with Crippen molar-refractivity contribution < 1.29 is 14.5 Å². The molecule has 0 bridgehead atoms. The van der Waals surface area contributed by atoms with Crippen molar-refractivity contribution >= 4 is 45.6 Å². The van der Waals surface area contributed by atoms with E-state index in [1.54, 1.807) is 19.9 Å². The first-order valence-electron chi connectivity index (χ1n) is 8.15. The lowest BCUT2D eigenvalue weighted by atomic mass is 10.1. The molecule has 8 nitrogen and oxygen atoms in total. The molecule has 0 aliphatic carbocycles. The summed E-state index contributed by atoms with van der Waals surface area (Å²) in [5.41, 5.74) is 4.09. The van der Waals surface area contributed by atoms with E-state index in [1.165, 1.54) is 12.1 Å². The van der Waals surface area contributed by atoms with Crippen LogP contribution >= 0.6 is 22.6 Å². The number of nitrogens with zero attached hydrogens (tertiary/aromatic N) is 2. The van der Waals surface area contributed by atoms with Crippen LogP contribution in [0.5, 0.6) is 5.75 Å². The Kier molecular flexibility index (Phi) is 7.53. The second-order valence-corrected chi connectivity index (χ2v) is 6.71. The number of halogens is 1. The summed E-state index contributed by atoms with van der Waals surface area (Å²) in [5, 5.41) is 18.2. The lowest BCUT2D eigenvalue weighted by Crippen LogP contribution is -2.26. The third kappa shape index (κ3) is 6.20. The van der Waals surface area contributed by atoms with Gasteiger partial charge in [0, 0.05) is 20.9 Å². The summed E-state index contributed by atoms with van der Waals surface area (Å²) in [6, 6.07) is 12.2. The smallest absolute Gasteiger partial charge is 0.311 e. The van der Waals surface area contributed by atoms with E-state index < -0.39 is 4.92 Å². The van der Waals surface area contributed by atoms with Crippen molar-refractivity contribution in [1.29, 1.82) is 0 Å². The number of nitro groups is 1. The Hall–Kier alpha value is -2.69. The number of carbonyl (C=O) groups excluding carboxylic acids is 1. The molecular weight excluding hydrogens is 463 g/mol. The number of hydrogen-bond donors (Lipinski definition) is 2. The van der Waals surface area contributed by atoms with Crippen molar-refractivity contribution in [3.05, 3.63) is 61.7 Å². The maximum absolute atomic E-state index is 11.9. The average molecular weight is 482 g/mol. The maximum atomic E-state index is 11.9. The number of rotatable bonds is 8. The molecule has 142 valence electrons. The van der Waals surface area contributed by atoms with E-state index in [0.717, 1.165) is 9.26 Å². The molecule has 0 fully saturated rings. The molecule has 0 spiro atoms. The Morgan fingerprint density at radius 3 is 2.59 bits per heavy atom. The molecule has 1 amide bonds. The Labute approximate surface area is 170 Å². The number of amides is 1. The molecular formula is C18H19IN4O4. The summed E-state index contributed by atoms with van der Waals surface area (Å²) in [4.78, 5) is 22.6. The number of ether oxygens (including phenoxy) is 1. The molecule has 2 rings (SSSR count). The molecule has 0 heterocycles. The summed E-state index contributed by atoms with van der Waals surface area (Å²) in [6.07, 6.45) is 0. The van der Waals surface area contributed by atoms with Gasteiger partial charge in [-0.05, 0) is 72.8 Å². The minimum Gasteiger partial charge on any atom is -0.487 e. The third-order valence-corrected chi connectivity index (χ3v) is 4.24. The van der Waals surface area contributed by atoms with Crippen LogP contribution in [0.3, 0.4) is 0 Å². The van der Waals surface area contributed by atoms with Crippen LogP contribution in [0.2, 0.25) is 0 Å². The molecule has 0 aliphatic rings. The van der Waals surface area contributed by atoms with Crippen LogP contribution in [0.25, 0.3) is 0 Å². The molecule has 2 N–H and O–H groups in total. The Morgan fingerprint density at radius 2 is 1.96 bits per heavy atom. The number of nitrogens with one attached hydrogen (secondary N) is 2. The van der Waals surface area contributed by atoms with Gasteiger partial charge < -0.3 is 10.1 Å². The van der Waals surface area contributed by atoms with Gasteiger partial charge in [-0.15, -0.1) is 0 Å². The highest BCUT2D eigenvalue weighted by molar-refractivity contribution is 14.1. The average Bonchev–Trinajstić information content (AvgIpc) is 2.66. The fraction of sp³-hybridized carbons (Fsp3) is 0.222. The predicted molar refractivity (Wildman–Crippen MR) is 112 cm³/mol. The summed E-state index contributed by atoms with van der Waals surface area (Å²) >= 11 is 2.20. The molecule has 0 aliphatic heterocycles. The minimum absolute atomic E-state index is 0.0563. The minimum atomic E-state index is -0.509. The summed E-state index contributed by atoms with van der Waals surface area (Å²) < 4.78 is 6.36. The molecule has 27 heavy (non-hydrogen) atoms. The van der Waals surface area contributed by atoms with Crippen LogP contribution in [-0.2, 0) is 4.79 Å². The largest absolute Gasteiger partial charge is 0.487 e. The third-order valence-electron chi connectivity index (χ3n) is 3.52.